The SMILES string of the molecule is Cc1cc(S(=O)(=O)N[C@@H]2CCNC2)cc([N+](=O)[O-])c1C. The number of aryl methyl sites for hydroxylation is 1. The van der Waals surface area contributed by atoms with Crippen LogP contribution in [0.5, 0.6) is 0 Å². The largest absolute Gasteiger partial charge is 0.315 e. The number of hydrogen-bond donors (Lipinski definition) is 2. The maximum atomic E-state index is 12.3. The second-order valence-electron chi connectivity index (χ2n) is 4.95. The molecule has 0 amide bonds. The molecular formula is C12H17N3O4S. The van der Waals surface area contributed by atoms with Crippen LogP contribution in [0.1, 0.15) is 17.5 Å². The third-order valence-electron chi connectivity index (χ3n) is 3.50. The van der Waals surface area contributed by atoms with Crippen LogP contribution in [0.25, 0.3) is 0 Å². The molecule has 1 aromatic rings. The zero-order chi connectivity index (χ0) is 14.9. The van der Waals surface area contributed by atoms with Crippen molar-refractivity contribution in [2.75, 3.05) is 13.1 Å². The molecule has 1 atom stereocenters. The summed E-state index contributed by atoms with van der Waals surface area (Å²) in [5.41, 5.74) is 0.899. The minimum atomic E-state index is -3.73. The third kappa shape index (κ3) is 2.97. The van der Waals surface area contributed by atoms with Gasteiger partial charge in [0.2, 0.25) is 10.0 Å². The first-order valence-electron chi connectivity index (χ1n) is 6.30. The molecule has 1 heterocycles. The molecule has 0 bridgehead atoms. The van der Waals surface area contributed by atoms with Crippen molar-refractivity contribution in [1.29, 1.82) is 0 Å². The molecule has 7 nitrogen and oxygen atoms in total. The first-order valence-corrected chi connectivity index (χ1v) is 7.78. The number of benzene rings is 1. The predicted molar refractivity (Wildman–Crippen MR) is 74.2 cm³/mol. The molecule has 20 heavy (non-hydrogen) atoms. The molecule has 8 heteroatoms. The second kappa shape index (κ2) is 5.47. The van der Waals surface area contributed by atoms with Gasteiger partial charge in [-0.1, -0.05) is 0 Å². The average molecular weight is 299 g/mol. The van der Waals surface area contributed by atoms with Gasteiger partial charge in [0.25, 0.3) is 5.69 Å². The molecule has 0 radical (unpaired) electrons. The van der Waals surface area contributed by atoms with E-state index in [1.54, 1.807) is 13.8 Å². The van der Waals surface area contributed by atoms with Crippen LogP contribution < -0.4 is 10.0 Å². The molecular weight excluding hydrogens is 282 g/mol. The Morgan fingerprint density at radius 1 is 1.40 bits per heavy atom. The van der Waals surface area contributed by atoms with Gasteiger partial charge >= 0.3 is 0 Å². The van der Waals surface area contributed by atoms with Gasteiger partial charge in [0.15, 0.2) is 0 Å². The van der Waals surface area contributed by atoms with Gasteiger partial charge in [-0.3, -0.25) is 10.1 Å². The lowest BCUT2D eigenvalue weighted by Gasteiger charge is -2.13. The molecule has 0 aliphatic carbocycles. The molecule has 0 unspecified atom stereocenters. The fourth-order valence-electron chi connectivity index (χ4n) is 2.20. The zero-order valence-electron chi connectivity index (χ0n) is 11.3. The van der Waals surface area contributed by atoms with E-state index in [2.05, 4.69) is 10.0 Å². The quantitative estimate of drug-likeness (QED) is 0.634. The Labute approximate surface area is 117 Å². The van der Waals surface area contributed by atoms with E-state index < -0.39 is 14.9 Å². The maximum absolute atomic E-state index is 12.3. The third-order valence-corrected chi connectivity index (χ3v) is 5.00. The number of rotatable bonds is 4. The Hall–Kier alpha value is -1.51. The highest BCUT2D eigenvalue weighted by atomic mass is 32.2. The minimum absolute atomic E-state index is 0.0563. The summed E-state index contributed by atoms with van der Waals surface area (Å²) in [6.45, 7) is 4.61. The molecule has 2 N–H and O–H groups in total. The van der Waals surface area contributed by atoms with Gasteiger partial charge in [0, 0.05) is 24.2 Å². The number of nitro benzene ring substituents is 1. The van der Waals surface area contributed by atoms with Crippen LogP contribution in [-0.4, -0.2) is 32.5 Å². The van der Waals surface area contributed by atoms with Crippen molar-refractivity contribution in [3.63, 3.8) is 0 Å². The Kier molecular flexibility index (Phi) is 4.07. The Balaban J connectivity index is 2.38. The van der Waals surface area contributed by atoms with E-state index in [4.69, 9.17) is 0 Å². The molecule has 0 aromatic heterocycles. The fourth-order valence-corrected chi connectivity index (χ4v) is 3.57. The molecule has 1 aliphatic heterocycles. The van der Waals surface area contributed by atoms with Crippen LogP contribution in [0.2, 0.25) is 0 Å². The second-order valence-corrected chi connectivity index (χ2v) is 6.67. The molecule has 1 aromatic carbocycles. The molecule has 1 saturated heterocycles. The van der Waals surface area contributed by atoms with Crippen molar-refractivity contribution < 1.29 is 13.3 Å². The van der Waals surface area contributed by atoms with E-state index in [1.165, 1.54) is 6.07 Å². The van der Waals surface area contributed by atoms with Crippen molar-refractivity contribution in [1.82, 2.24) is 10.0 Å². The summed E-state index contributed by atoms with van der Waals surface area (Å²) < 4.78 is 27.1. The van der Waals surface area contributed by atoms with E-state index in [0.29, 0.717) is 24.1 Å². The van der Waals surface area contributed by atoms with Crippen molar-refractivity contribution in [2.45, 2.75) is 31.2 Å². The highest BCUT2D eigenvalue weighted by Gasteiger charge is 2.25. The Bertz CT molecular complexity index is 636. The first kappa shape index (κ1) is 14.9. The number of nitrogens with one attached hydrogen (secondary N) is 2. The lowest BCUT2D eigenvalue weighted by atomic mass is 10.1. The van der Waals surface area contributed by atoms with Crippen molar-refractivity contribution in [2.24, 2.45) is 0 Å². The minimum Gasteiger partial charge on any atom is -0.315 e. The van der Waals surface area contributed by atoms with Gasteiger partial charge in [-0.15, -0.1) is 0 Å². The lowest BCUT2D eigenvalue weighted by Crippen LogP contribution is -2.36. The van der Waals surface area contributed by atoms with Gasteiger partial charge in [-0.05, 0) is 38.4 Å². The van der Waals surface area contributed by atoms with Crippen molar-refractivity contribution in [3.8, 4) is 0 Å². The van der Waals surface area contributed by atoms with Crippen LogP contribution in [0.15, 0.2) is 17.0 Å². The summed E-state index contributed by atoms with van der Waals surface area (Å²) >= 11 is 0. The van der Waals surface area contributed by atoms with Crippen LogP contribution >= 0.6 is 0 Å². The maximum Gasteiger partial charge on any atom is 0.273 e. The van der Waals surface area contributed by atoms with E-state index in [1.807, 2.05) is 0 Å². The van der Waals surface area contributed by atoms with E-state index >= 15 is 0 Å². The smallest absolute Gasteiger partial charge is 0.273 e. The number of nitrogens with zero attached hydrogens (tertiary/aromatic N) is 1. The number of hydrogen-bond acceptors (Lipinski definition) is 5. The van der Waals surface area contributed by atoms with Gasteiger partial charge in [-0.2, -0.15) is 0 Å². The van der Waals surface area contributed by atoms with Crippen molar-refractivity contribution in [3.05, 3.63) is 33.4 Å². The van der Waals surface area contributed by atoms with Crippen LogP contribution in [0.3, 0.4) is 0 Å². The molecule has 1 aliphatic rings. The Morgan fingerprint density at radius 2 is 2.10 bits per heavy atom. The molecule has 0 spiro atoms. The molecule has 1 fully saturated rings. The fraction of sp³-hybridized carbons (Fsp3) is 0.500. The average Bonchev–Trinajstić information content (AvgIpc) is 2.83. The van der Waals surface area contributed by atoms with Crippen LogP contribution in [-0.2, 0) is 10.0 Å². The normalized spacial score (nSPS) is 19.2. The van der Waals surface area contributed by atoms with E-state index in [-0.39, 0.29) is 16.6 Å². The monoisotopic (exact) mass is 299 g/mol. The summed E-state index contributed by atoms with van der Waals surface area (Å²) in [7, 11) is -3.73. The van der Waals surface area contributed by atoms with Gasteiger partial charge in [0.1, 0.15) is 0 Å². The predicted octanol–water partition coefficient (Wildman–Crippen LogP) is 0.852. The van der Waals surface area contributed by atoms with Crippen LogP contribution in [0.4, 0.5) is 5.69 Å². The van der Waals surface area contributed by atoms with Gasteiger partial charge in [0.05, 0.1) is 9.82 Å². The number of nitro groups is 1. The van der Waals surface area contributed by atoms with Gasteiger partial charge < -0.3 is 5.32 Å². The summed E-state index contributed by atoms with van der Waals surface area (Å²) in [5, 5.41) is 14.0. The zero-order valence-corrected chi connectivity index (χ0v) is 12.2. The van der Waals surface area contributed by atoms with Crippen LogP contribution in [0, 0.1) is 24.0 Å². The standard InChI is InChI=1S/C12H17N3O4S/c1-8-5-11(6-12(9(8)2)15(16)17)20(18,19)14-10-3-4-13-7-10/h5-6,10,13-14H,3-4,7H2,1-2H3/t10-/m1/s1. The highest BCUT2D eigenvalue weighted by molar-refractivity contribution is 7.89. The molecule has 0 saturated carbocycles. The van der Waals surface area contributed by atoms with Crippen molar-refractivity contribution >= 4 is 15.7 Å². The Morgan fingerprint density at radius 3 is 2.65 bits per heavy atom. The first-order chi connectivity index (χ1) is 9.31. The molecule has 2 rings (SSSR count). The summed E-state index contributed by atoms with van der Waals surface area (Å²) in [6, 6.07) is 2.42. The topological polar surface area (TPSA) is 101 Å². The summed E-state index contributed by atoms with van der Waals surface area (Å²) in [6.07, 6.45) is 0.714. The summed E-state index contributed by atoms with van der Waals surface area (Å²) in [5.74, 6) is 0. The number of sulfonamides is 1. The summed E-state index contributed by atoms with van der Waals surface area (Å²) in [4.78, 5) is 10.4. The van der Waals surface area contributed by atoms with E-state index in [9.17, 15) is 18.5 Å². The van der Waals surface area contributed by atoms with E-state index in [0.717, 1.165) is 12.6 Å². The van der Waals surface area contributed by atoms with Gasteiger partial charge in [-0.25, -0.2) is 13.1 Å². The lowest BCUT2D eigenvalue weighted by molar-refractivity contribution is -0.385. The highest BCUT2D eigenvalue weighted by Crippen LogP contribution is 2.26. The molecule has 110 valence electrons.